The Balaban J connectivity index is 3.02. The first-order valence-corrected chi connectivity index (χ1v) is 6.35. The van der Waals surface area contributed by atoms with Crippen LogP contribution in [0.25, 0.3) is 0 Å². The molecule has 1 amide bonds. The van der Waals surface area contributed by atoms with Gasteiger partial charge < -0.3 is 10.5 Å². The molecule has 0 spiro atoms. The number of anilines is 1. The second-order valence-corrected chi connectivity index (χ2v) is 4.19. The van der Waals surface area contributed by atoms with Crippen molar-refractivity contribution in [1.82, 2.24) is 5.01 Å². The average Bonchev–Trinajstić information content (AvgIpc) is 2.38. The number of nitrogens with two attached hydrogens (primary N) is 1. The van der Waals surface area contributed by atoms with Crippen molar-refractivity contribution in [2.75, 3.05) is 18.9 Å². The molecule has 0 saturated heterocycles. The monoisotopic (exact) mass is 263 g/mol. The Kier molecular flexibility index (Phi) is 5.36. The van der Waals surface area contributed by atoms with Gasteiger partial charge in [-0.15, -0.1) is 0 Å². The van der Waals surface area contributed by atoms with Crippen LogP contribution in [0, 0.1) is 6.92 Å². The summed E-state index contributed by atoms with van der Waals surface area (Å²) in [6, 6.07) is 5.73. The first-order valence-electron chi connectivity index (χ1n) is 6.35. The lowest BCUT2D eigenvalue weighted by Crippen LogP contribution is -2.27. The quantitative estimate of drug-likeness (QED) is 0.516. The van der Waals surface area contributed by atoms with E-state index in [1.807, 2.05) is 39.0 Å². The van der Waals surface area contributed by atoms with E-state index in [1.165, 1.54) is 5.01 Å². The van der Waals surface area contributed by atoms with Gasteiger partial charge in [0.2, 0.25) is 0 Å². The van der Waals surface area contributed by atoms with Crippen molar-refractivity contribution in [3.05, 3.63) is 29.3 Å². The Morgan fingerprint density at radius 3 is 2.68 bits per heavy atom. The van der Waals surface area contributed by atoms with Crippen LogP contribution < -0.4 is 5.73 Å². The van der Waals surface area contributed by atoms with E-state index in [2.05, 4.69) is 5.10 Å². The van der Waals surface area contributed by atoms with Gasteiger partial charge in [-0.25, -0.2) is 4.79 Å². The van der Waals surface area contributed by atoms with E-state index < -0.39 is 6.09 Å². The molecule has 0 radical (unpaired) electrons. The smallest absolute Gasteiger partial charge is 0.430 e. The predicted octanol–water partition coefficient (Wildman–Crippen LogP) is 2.78. The van der Waals surface area contributed by atoms with Crippen molar-refractivity contribution in [1.29, 1.82) is 0 Å². The minimum atomic E-state index is -0.449. The van der Waals surface area contributed by atoms with Gasteiger partial charge in [0, 0.05) is 17.8 Å². The molecule has 19 heavy (non-hydrogen) atoms. The molecule has 5 nitrogen and oxygen atoms in total. The number of amides is 1. The second-order valence-electron chi connectivity index (χ2n) is 4.19. The highest BCUT2D eigenvalue weighted by molar-refractivity contribution is 6.03. The highest BCUT2D eigenvalue weighted by atomic mass is 16.6. The van der Waals surface area contributed by atoms with E-state index in [9.17, 15) is 4.79 Å². The number of nitrogens with zero attached hydrogens (tertiary/aromatic N) is 2. The lowest BCUT2D eigenvalue weighted by Gasteiger charge is -2.16. The Morgan fingerprint density at radius 2 is 2.11 bits per heavy atom. The van der Waals surface area contributed by atoms with Crippen molar-refractivity contribution in [2.45, 2.75) is 27.7 Å². The van der Waals surface area contributed by atoms with Crippen LogP contribution in [0.1, 0.15) is 31.9 Å². The van der Waals surface area contributed by atoms with E-state index in [1.54, 1.807) is 6.92 Å². The van der Waals surface area contributed by atoms with Crippen molar-refractivity contribution >= 4 is 17.5 Å². The summed E-state index contributed by atoms with van der Waals surface area (Å²) < 4.78 is 4.93. The normalized spacial score (nSPS) is 11.3. The van der Waals surface area contributed by atoms with Crippen LogP contribution in [-0.2, 0) is 4.74 Å². The molecule has 0 aliphatic heterocycles. The zero-order chi connectivity index (χ0) is 14.4. The number of hydrogen-bond donors (Lipinski definition) is 1. The topological polar surface area (TPSA) is 67.9 Å². The molecule has 0 saturated carbocycles. The summed E-state index contributed by atoms with van der Waals surface area (Å²) in [5.74, 6) is 0. The van der Waals surface area contributed by atoms with Gasteiger partial charge in [0.05, 0.1) is 12.3 Å². The Morgan fingerprint density at radius 1 is 1.42 bits per heavy atom. The molecule has 0 bridgehead atoms. The summed E-state index contributed by atoms with van der Waals surface area (Å²) in [7, 11) is 0. The van der Waals surface area contributed by atoms with Crippen LogP contribution in [0.15, 0.2) is 23.3 Å². The number of aryl methyl sites for hydroxylation is 1. The van der Waals surface area contributed by atoms with Crippen LogP contribution in [0.4, 0.5) is 10.5 Å². The number of carbonyl (C=O) groups is 1. The van der Waals surface area contributed by atoms with Gasteiger partial charge in [0.25, 0.3) is 0 Å². The fourth-order valence-electron chi connectivity index (χ4n) is 1.66. The maximum atomic E-state index is 11.7. The number of hydrogen-bond acceptors (Lipinski definition) is 4. The van der Waals surface area contributed by atoms with Gasteiger partial charge >= 0.3 is 6.09 Å². The number of benzene rings is 1. The van der Waals surface area contributed by atoms with Crippen molar-refractivity contribution in [3.8, 4) is 0 Å². The Hall–Kier alpha value is -2.04. The summed E-state index contributed by atoms with van der Waals surface area (Å²) in [6.07, 6.45) is -0.449. The minimum absolute atomic E-state index is 0.330. The number of carbonyl (C=O) groups excluding carboxylic acids is 1. The van der Waals surface area contributed by atoms with Crippen molar-refractivity contribution < 1.29 is 9.53 Å². The zero-order valence-corrected chi connectivity index (χ0v) is 11.9. The van der Waals surface area contributed by atoms with E-state index >= 15 is 0 Å². The molecule has 5 heteroatoms. The molecule has 1 rings (SSSR count). The molecule has 0 atom stereocenters. The largest absolute Gasteiger partial charge is 0.448 e. The van der Waals surface area contributed by atoms with Crippen molar-refractivity contribution in [3.63, 3.8) is 0 Å². The number of ether oxygens (including phenoxy) is 1. The third kappa shape index (κ3) is 3.98. The summed E-state index contributed by atoms with van der Waals surface area (Å²) >= 11 is 0. The van der Waals surface area contributed by atoms with Crippen molar-refractivity contribution in [2.24, 2.45) is 5.10 Å². The van der Waals surface area contributed by atoms with E-state index in [4.69, 9.17) is 10.5 Å². The first-order chi connectivity index (χ1) is 8.99. The highest BCUT2D eigenvalue weighted by Gasteiger charge is 2.13. The van der Waals surface area contributed by atoms with Gasteiger partial charge in [-0.1, -0.05) is 11.6 Å². The van der Waals surface area contributed by atoms with E-state index in [0.29, 0.717) is 24.6 Å². The minimum Gasteiger partial charge on any atom is -0.448 e. The third-order valence-electron chi connectivity index (χ3n) is 2.65. The molecule has 0 fully saturated rings. The molecule has 0 aliphatic rings. The standard InChI is InChI=1S/C14H21N3O2/c1-5-17(14(18)19-6-2)16-11(4)12-9-10(3)7-8-13(12)15/h7-9H,5-6,15H2,1-4H3/b16-11+. The van der Waals surface area contributed by atoms with Crippen LogP contribution in [0.2, 0.25) is 0 Å². The van der Waals surface area contributed by atoms with Gasteiger partial charge in [-0.05, 0) is 39.8 Å². The maximum absolute atomic E-state index is 11.7. The molecule has 0 unspecified atom stereocenters. The van der Waals surface area contributed by atoms with Crippen LogP contribution in [0.5, 0.6) is 0 Å². The average molecular weight is 263 g/mol. The first kappa shape index (κ1) is 15.0. The SMILES string of the molecule is CCOC(=O)N(CC)/N=C(\C)c1cc(C)ccc1N. The summed E-state index contributed by atoms with van der Waals surface area (Å²) in [6.45, 7) is 8.19. The van der Waals surface area contributed by atoms with E-state index in [-0.39, 0.29) is 0 Å². The van der Waals surface area contributed by atoms with Crippen LogP contribution >= 0.6 is 0 Å². The molecule has 2 N–H and O–H groups in total. The van der Waals surface area contributed by atoms with Gasteiger partial charge in [0.15, 0.2) is 0 Å². The molecule has 1 aromatic rings. The lowest BCUT2D eigenvalue weighted by molar-refractivity contribution is 0.110. The summed E-state index contributed by atoms with van der Waals surface area (Å²) in [4.78, 5) is 11.7. The summed E-state index contributed by atoms with van der Waals surface area (Å²) in [5.41, 5.74) is 9.19. The van der Waals surface area contributed by atoms with Gasteiger partial charge in [0.1, 0.15) is 0 Å². The zero-order valence-electron chi connectivity index (χ0n) is 11.9. The Labute approximate surface area is 114 Å². The third-order valence-corrected chi connectivity index (χ3v) is 2.65. The molecule has 1 aromatic carbocycles. The van der Waals surface area contributed by atoms with Gasteiger partial charge in [-0.2, -0.15) is 10.1 Å². The van der Waals surface area contributed by atoms with Crippen LogP contribution in [0.3, 0.4) is 0 Å². The summed E-state index contributed by atoms with van der Waals surface area (Å²) in [5, 5.41) is 5.57. The predicted molar refractivity (Wildman–Crippen MR) is 77.2 cm³/mol. The number of hydrazone groups is 1. The number of nitrogen functional groups attached to an aromatic ring is 1. The fourth-order valence-corrected chi connectivity index (χ4v) is 1.66. The molecule has 104 valence electrons. The fraction of sp³-hybridized carbons (Fsp3) is 0.429. The van der Waals surface area contributed by atoms with Crippen LogP contribution in [-0.4, -0.2) is 30.0 Å². The molecule has 0 aromatic heterocycles. The lowest BCUT2D eigenvalue weighted by atomic mass is 10.1. The second kappa shape index (κ2) is 6.78. The molecular formula is C14H21N3O2. The molecule has 0 aliphatic carbocycles. The Bertz CT molecular complexity index is 484. The molecule has 0 heterocycles. The maximum Gasteiger partial charge on any atom is 0.430 e. The molecular weight excluding hydrogens is 242 g/mol. The van der Waals surface area contributed by atoms with Gasteiger partial charge in [-0.3, -0.25) is 0 Å². The number of rotatable bonds is 4. The highest BCUT2D eigenvalue weighted by Crippen LogP contribution is 2.15. The van der Waals surface area contributed by atoms with E-state index in [0.717, 1.165) is 11.1 Å².